The second kappa shape index (κ2) is 3.94. The Kier molecular flexibility index (Phi) is 3.50. The van der Waals surface area contributed by atoms with Gasteiger partial charge >= 0.3 is 0 Å². The fourth-order valence-electron chi connectivity index (χ4n) is 1.40. The molecule has 1 rings (SSSR count). The minimum Gasteiger partial charge on any atom is -0.328 e. The van der Waals surface area contributed by atoms with Gasteiger partial charge in [0.05, 0.1) is 0 Å². The normalized spacial score (nSPS) is 21.0. The molecule has 1 heteroatoms. The molecule has 0 nitrogen and oxygen atoms in total. The minimum atomic E-state index is 0. The Morgan fingerprint density at radius 3 is 2.22 bits per heavy atom. The molecule has 1 aliphatic rings. The van der Waals surface area contributed by atoms with Crippen LogP contribution in [0.3, 0.4) is 0 Å². The van der Waals surface area contributed by atoms with Crippen molar-refractivity contribution in [1.29, 1.82) is 0 Å². The fourth-order valence-corrected chi connectivity index (χ4v) is 1.40. The average molecular weight is 363 g/mol. The van der Waals surface area contributed by atoms with Crippen molar-refractivity contribution in [2.24, 2.45) is 5.92 Å². The maximum Gasteiger partial charge on any atom is 0 e. The molecule has 1 radical (unpaired) electrons. The van der Waals surface area contributed by atoms with E-state index in [0.29, 0.717) is 0 Å². The van der Waals surface area contributed by atoms with Crippen LogP contribution in [-0.2, 0) is 0 Å². The van der Waals surface area contributed by atoms with Gasteiger partial charge in [-0.2, -0.15) is 12.8 Å². The molecule has 0 aliphatic heterocycles. The van der Waals surface area contributed by atoms with Crippen LogP contribution in [0.25, 0.3) is 0 Å². The number of rotatable bonds is 1. The predicted octanol–water partition coefficient (Wildman–Crippen LogP) is 2.79. The third kappa shape index (κ3) is 2.16. The Labute approximate surface area is 52.3 Å². The Bertz CT molecular complexity index is 55.6. The molecule has 0 spiro atoms. The van der Waals surface area contributed by atoms with Gasteiger partial charge in [-0.15, -0.1) is 0 Å². The average Bonchev–Trinajstić information content (AvgIpc) is 1.90. The molecule has 0 aromatic heterocycles. The van der Waals surface area contributed by atoms with Gasteiger partial charge in [0.2, 0.25) is 0 Å². The second-order valence-corrected chi connectivity index (χ2v) is 2.72. The summed E-state index contributed by atoms with van der Waals surface area (Å²) in [5.74, 6) is 1.06. The molecule has 0 aromatic rings. The van der Waals surface area contributed by atoms with E-state index in [0.717, 1.165) is 5.92 Å². The Morgan fingerprint density at radius 2 is 1.89 bits per heavy atom. The molecule has 0 bridgehead atoms. The van der Waals surface area contributed by atoms with Crippen LogP contribution in [-0.4, -0.2) is 0 Å². The number of hydrogen-bond acceptors (Lipinski definition) is 0. The zero-order valence-corrected chi connectivity index (χ0v) is 8.50. The zero-order valence-electron chi connectivity index (χ0n) is 5.99. The third-order valence-corrected chi connectivity index (χ3v) is 2.14. The summed E-state index contributed by atoms with van der Waals surface area (Å²) in [5, 5.41) is 0. The van der Waals surface area contributed by atoms with E-state index in [1.165, 1.54) is 32.1 Å². The molecule has 1 aliphatic carbocycles. The fraction of sp³-hybridized carbons (Fsp3) is 0.875. The largest absolute Gasteiger partial charge is 0.328 e. The predicted molar refractivity (Wildman–Crippen MR) is 36.5 cm³/mol. The minimum absolute atomic E-state index is 0. The molecule has 0 heterocycles. The van der Waals surface area contributed by atoms with E-state index >= 15 is 0 Å². The van der Waals surface area contributed by atoms with Crippen LogP contribution in [0.1, 0.15) is 39.0 Å². The van der Waals surface area contributed by atoms with Crippen molar-refractivity contribution in [1.82, 2.24) is 0 Å². The van der Waals surface area contributed by atoms with Crippen LogP contribution >= 0.6 is 0 Å². The van der Waals surface area contributed by atoms with Gasteiger partial charge in [0.1, 0.15) is 0 Å². The Morgan fingerprint density at radius 1 is 1.33 bits per heavy atom. The van der Waals surface area contributed by atoms with Crippen LogP contribution in [0.2, 0.25) is 0 Å². The first-order valence-electron chi connectivity index (χ1n) is 3.75. The van der Waals surface area contributed by atoms with E-state index < -0.39 is 0 Å². The van der Waals surface area contributed by atoms with Crippen molar-refractivity contribution in [3.8, 4) is 0 Å². The summed E-state index contributed by atoms with van der Waals surface area (Å²) in [4.78, 5) is 0. The van der Waals surface area contributed by atoms with Crippen molar-refractivity contribution in [2.45, 2.75) is 39.0 Å². The molecule has 0 unspecified atom stereocenters. The molecule has 9 heavy (non-hydrogen) atoms. The van der Waals surface area contributed by atoms with Gasteiger partial charge < -0.3 is 6.42 Å². The molecular weight excluding hydrogens is 348 g/mol. The molecular formula is C8H15Es-. The first-order chi connectivity index (χ1) is 3.93. The molecule has 0 atom stereocenters. The van der Waals surface area contributed by atoms with Crippen molar-refractivity contribution >= 4 is 0 Å². The maximum atomic E-state index is 2.42. The van der Waals surface area contributed by atoms with Gasteiger partial charge in [-0.3, -0.25) is 0 Å². The van der Waals surface area contributed by atoms with E-state index in [1.54, 1.807) is 0 Å². The SMILES string of the molecule is CCC1CC[CH-]CC1.[Es]. The zero-order chi connectivity index (χ0) is 5.82. The van der Waals surface area contributed by atoms with Crippen LogP contribution in [0.4, 0.5) is 0 Å². The van der Waals surface area contributed by atoms with Gasteiger partial charge in [-0.25, -0.2) is 0 Å². The summed E-state index contributed by atoms with van der Waals surface area (Å²) in [6.45, 7) is 2.30. The van der Waals surface area contributed by atoms with Crippen LogP contribution in [0.5, 0.6) is 0 Å². The molecule has 0 N–H and O–H groups in total. The summed E-state index contributed by atoms with van der Waals surface area (Å²) in [6.07, 6.45) is 9.48. The van der Waals surface area contributed by atoms with Gasteiger partial charge in [-0.05, 0) is 5.92 Å². The van der Waals surface area contributed by atoms with E-state index in [2.05, 4.69) is 13.3 Å². The van der Waals surface area contributed by atoms with Gasteiger partial charge in [-0.1, -0.05) is 26.2 Å². The molecule has 1 saturated carbocycles. The van der Waals surface area contributed by atoms with E-state index in [9.17, 15) is 0 Å². The quantitative estimate of drug-likeness (QED) is 0.629. The molecule has 0 aromatic carbocycles. The van der Waals surface area contributed by atoms with Crippen molar-refractivity contribution in [3.05, 3.63) is 6.42 Å². The third-order valence-electron chi connectivity index (χ3n) is 2.14. The topological polar surface area (TPSA) is 0 Å². The van der Waals surface area contributed by atoms with Gasteiger partial charge in [0.25, 0.3) is 0 Å². The monoisotopic (exact) mass is 363 g/mol. The standard InChI is InChI=1S/C8H15.Es/c1-2-8-6-4-3-5-7-8;/h3,8H,2,4-7H2,1H3;/q-1;. The summed E-state index contributed by atoms with van der Waals surface area (Å²) < 4.78 is 0. The first-order valence-corrected chi connectivity index (χ1v) is 3.75. The van der Waals surface area contributed by atoms with Gasteiger partial charge in [0, 0.05) is 0 Å². The molecule has 1 fully saturated rings. The van der Waals surface area contributed by atoms with E-state index in [-0.39, 0.29) is 0 Å². The van der Waals surface area contributed by atoms with Gasteiger partial charge in [0.15, 0.2) is 0 Å². The molecule has 0 amide bonds. The first kappa shape index (κ1) is 8.00. The summed E-state index contributed by atoms with van der Waals surface area (Å²) >= 11 is 0. The Hall–Kier alpha value is -1.00. The summed E-state index contributed by atoms with van der Waals surface area (Å²) in [5.41, 5.74) is 0. The molecule has 59 valence electrons. The Balaban J connectivity index is 0.000000640. The van der Waals surface area contributed by atoms with Crippen LogP contribution in [0, 0.1) is 12.3 Å². The maximum absolute atomic E-state index is 2.42. The van der Waals surface area contributed by atoms with Crippen LogP contribution < -0.4 is 0 Å². The summed E-state index contributed by atoms with van der Waals surface area (Å²) in [7, 11) is 0. The van der Waals surface area contributed by atoms with E-state index in [4.69, 9.17) is 0 Å². The van der Waals surface area contributed by atoms with Crippen molar-refractivity contribution < 1.29 is 0 Å². The second-order valence-electron chi connectivity index (χ2n) is 2.72. The van der Waals surface area contributed by atoms with Crippen LogP contribution in [0.15, 0.2) is 0 Å². The van der Waals surface area contributed by atoms with Crippen molar-refractivity contribution in [2.75, 3.05) is 0 Å². The summed E-state index contributed by atoms with van der Waals surface area (Å²) in [6, 6.07) is 0. The van der Waals surface area contributed by atoms with E-state index in [1.807, 2.05) is 0 Å². The smallest absolute Gasteiger partial charge is 0 e. The van der Waals surface area contributed by atoms with Crippen molar-refractivity contribution in [3.63, 3.8) is 0 Å². The molecule has 0 saturated heterocycles. The number of hydrogen-bond donors (Lipinski definition) is 0.